The number of halogens is 4. The van der Waals surface area contributed by atoms with Gasteiger partial charge in [0, 0.05) is 23.9 Å². The Labute approximate surface area is 223 Å². The Morgan fingerprint density at radius 3 is 2.62 bits per heavy atom. The van der Waals surface area contributed by atoms with E-state index in [4.69, 9.17) is 10.1 Å². The average molecular weight is 541 g/mol. The van der Waals surface area contributed by atoms with Crippen LogP contribution in [0.5, 0.6) is 0 Å². The second kappa shape index (κ2) is 10.3. The van der Waals surface area contributed by atoms with Crippen molar-refractivity contribution in [3.8, 4) is 11.1 Å². The van der Waals surface area contributed by atoms with Crippen molar-refractivity contribution in [2.24, 2.45) is 5.92 Å². The first-order valence-corrected chi connectivity index (χ1v) is 12.7. The zero-order valence-electron chi connectivity index (χ0n) is 21.5. The predicted octanol–water partition coefficient (Wildman–Crippen LogP) is 6.25. The minimum Gasteiger partial charge on any atom is -0.460 e. The maximum absolute atomic E-state index is 13.9. The molecule has 2 N–H and O–H groups in total. The molecule has 1 saturated heterocycles. The van der Waals surface area contributed by atoms with Crippen LogP contribution >= 0.6 is 0 Å². The summed E-state index contributed by atoms with van der Waals surface area (Å²) >= 11 is 0. The van der Waals surface area contributed by atoms with Crippen molar-refractivity contribution in [3.63, 3.8) is 0 Å². The molecule has 39 heavy (non-hydrogen) atoms. The Kier molecular flexibility index (Phi) is 7.05. The van der Waals surface area contributed by atoms with E-state index in [1.807, 2.05) is 6.92 Å². The third-order valence-electron chi connectivity index (χ3n) is 7.01. The van der Waals surface area contributed by atoms with Gasteiger partial charge in [-0.2, -0.15) is 13.2 Å². The van der Waals surface area contributed by atoms with E-state index < -0.39 is 17.8 Å². The van der Waals surface area contributed by atoms with Gasteiger partial charge in [0.15, 0.2) is 5.69 Å². The second-order valence-corrected chi connectivity index (χ2v) is 10.2. The smallest absolute Gasteiger partial charge is 0.433 e. The van der Waals surface area contributed by atoms with Crippen molar-refractivity contribution in [1.82, 2.24) is 15.2 Å². The Morgan fingerprint density at radius 1 is 1.21 bits per heavy atom. The van der Waals surface area contributed by atoms with Crippen molar-refractivity contribution >= 4 is 11.9 Å². The molecular weight excluding hydrogens is 512 g/mol. The number of pyridine rings is 1. The molecule has 1 aliphatic carbocycles. The Hall–Kier alpha value is -3.95. The lowest BCUT2D eigenvalue weighted by atomic mass is 9.96. The van der Waals surface area contributed by atoms with Crippen LogP contribution in [0.1, 0.15) is 58.5 Å². The number of amidine groups is 1. The molecule has 1 aromatic heterocycles. The van der Waals surface area contributed by atoms with Gasteiger partial charge in [-0.05, 0) is 85.2 Å². The zero-order chi connectivity index (χ0) is 27.9. The number of rotatable bonds is 7. The lowest BCUT2D eigenvalue weighted by molar-refractivity contribution is -0.140. The monoisotopic (exact) mass is 540 g/mol. The van der Waals surface area contributed by atoms with E-state index in [9.17, 15) is 22.4 Å². The number of hydrogen-bond acceptors (Lipinski definition) is 4. The van der Waals surface area contributed by atoms with Gasteiger partial charge in [-0.25, -0.2) is 4.39 Å². The molecule has 10 heteroatoms. The molecule has 0 radical (unpaired) electrons. The zero-order valence-corrected chi connectivity index (χ0v) is 21.5. The minimum absolute atomic E-state index is 0.0308. The van der Waals surface area contributed by atoms with Crippen LogP contribution in [0.2, 0.25) is 0 Å². The molecule has 2 aliphatic rings. The summed E-state index contributed by atoms with van der Waals surface area (Å²) in [5.74, 6) is -0.587. The van der Waals surface area contributed by atoms with Crippen LogP contribution in [0.25, 0.3) is 11.1 Å². The number of aryl methyl sites for hydroxylation is 1. The number of nitrogens with one attached hydrogen (secondary N) is 2. The Balaban J connectivity index is 1.52. The molecule has 2 atom stereocenters. The van der Waals surface area contributed by atoms with Crippen molar-refractivity contribution in [1.29, 1.82) is 5.41 Å². The topological polar surface area (TPSA) is 78.3 Å². The van der Waals surface area contributed by atoms with Crippen LogP contribution in [-0.4, -0.2) is 34.5 Å². The highest BCUT2D eigenvalue weighted by molar-refractivity contribution is 5.96. The van der Waals surface area contributed by atoms with E-state index in [1.165, 1.54) is 24.3 Å². The highest BCUT2D eigenvalue weighted by atomic mass is 19.4. The Bertz CT molecular complexity index is 1420. The molecule has 6 nitrogen and oxygen atoms in total. The molecule has 3 aromatic rings. The van der Waals surface area contributed by atoms with Crippen molar-refractivity contribution in [2.45, 2.75) is 51.6 Å². The van der Waals surface area contributed by atoms with Gasteiger partial charge in [0.25, 0.3) is 11.9 Å². The van der Waals surface area contributed by atoms with Gasteiger partial charge in [0.1, 0.15) is 11.9 Å². The number of carbonyl (C=O) groups is 1. The molecule has 1 aliphatic heterocycles. The predicted molar refractivity (Wildman–Crippen MR) is 137 cm³/mol. The fraction of sp³-hybridized carbons (Fsp3) is 0.345. The van der Waals surface area contributed by atoms with Gasteiger partial charge in [-0.15, -0.1) is 0 Å². The van der Waals surface area contributed by atoms with E-state index >= 15 is 0 Å². The number of hydrogen-bond donors (Lipinski definition) is 2. The molecule has 2 aromatic carbocycles. The number of amides is 1. The molecule has 0 bridgehead atoms. The standard InChI is InChI=1S/C29H28F4N4O2/c1-16-10-20(7-8-24(16)30)25(19-5-6-19)36-27(38)22-12-18(15-37-14-17(2)39-28(37)34)11-21(13-22)23-4-3-9-35-26(23)29(31,32)33/h3-4,7-13,17,19,25,34H,5-6,14-15H2,1-2H3,(H,36,38)/t17-,25+/m1/s1. The third kappa shape index (κ3) is 5.89. The van der Waals surface area contributed by atoms with E-state index in [0.717, 1.165) is 24.6 Å². The SMILES string of the molecule is Cc1cc([C@@H](NC(=O)c2cc(CN3C[C@@H](C)OC3=N)cc(-c3cccnc3C(F)(F)F)c2)C2CC2)ccc1F. The van der Waals surface area contributed by atoms with E-state index in [-0.39, 0.29) is 53.1 Å². The van der Waals surface area contributed by atoms with Crippen LogP contribution in [0.15, 0.2) is 54.7 Å². The van der Waals surface area contributed by atoms with E-state index in [1.54, 1.807) is 36.1 Å². The second-order valence-electron chi connectivity index (χ2n) is 10.2. The number of carbonyl (C=O) groups excluding carboxylic acids is 1. The first-order valence-electron chi connectivity index (χ1n) is 12.7. The third-order valence-corrected chi connectivity index (χ3v) is 7.01. The lowest BCUT2D eigenvalue weighted by Crippen LogP contribution is -2.30. The fourth-order valence-electron chi connectivity index (χ4n) is 4.98. The van der Waals surface area contributed by atoms with Crippen LogP contribution in [-0.2, 0) is 17.5 Å². The molecular formula is C29H28F4N4O2. The summed E-state index contributed by atoms with van der Waals surface area (Å²) in [6.45, 7) is 4.11. The molecule has 2 heterocycles. The molecule has 204 valence electrons. The van der Waals surface area contributed by atoms with Gasteiger partial charge in [-0.3, -0.25) is 15.2 Å². The average Bonchev–Trinajstić information content (AvgIpc) is 3.68. The summed E-state index contributed by atoms with van der Waals surface area (Å²) in [5.41, 5.74) is 0.994. The number of ether oxygens (including phenoxy) is 1. The minimum atomic E-state index is -4.69. The summed E-state index contributed by atoms with van der Waals surface area (Å²) < 4.78 is 60.7. The van der Waals surface area contributed by atoms with Gasteiger partial charge in [-0.1, -0.05) is 18.2 Å². The van der Waals surface area contributed by atoms with Crippen LogP contribution in [0, 0.1) is 24.1 Å². The number of benzene rings is 2. The number of nitrogens with zero attached hydrogens (tertiary/aromatic N) is 2. The maximum atomic E-state index is 13.9. The van der Waals surface area contributed by atoms with Crippen LogP contribution < -0.4 is 5.32 Å². The molecule has 1 saturated carbocycles. The van der Waals surface area contributed by atoms with Gasteiger partial charge >= 0.3 is 6.18 Å². The summed E-state index contributed by atoms with van der Waals surface area (Å²) in [5, 5.41) is 11.1. The van der Waals surface area contributed by atoms with Gasteiger partial charge in [0.05, 0.1) is 12.6 Å². The normalized spacial score (nSPS) is 18.2. The number of aromatic nitrogens is 1. The van der Waals surface area contributed by atoms with Crippen LogP contribution in [0.3, 0.4) is 0 Å². The quantitative estimate of drug-likeness (QED) is 0.347. The van der Waals surface area contributed by atoms with Gasteiger partial charge < -0.3 is 15.0 Å². The highest BCUT2D eigenvalue weighted by Crippen LogP contribution is 2.42. The lowest BCUT2D eigenvalue weighted by Gasteiger charge is -2.21. The largest absolute Gasteiger partial charge is 0.460 e. The first kappa shape index (κ1) is 26.6. The van der Waals surface area contributed by atoms with Crippen LogP contribution in [0.4, 0.5) is 17.6 Å². The summed E-state index contributed by atoms with van der Waals surface area (Å²) in [7, 11) is 0. The molecule has 5 rings (SSSR count). The Morgan fingerprint density at radius 2 is 1.97 bits per heavy atom. The van der Waals surface area contributed by atoms with Crippen molar-refractivity contribution in [3.05, 3.63) is 88.5 Å². The molecule has 2 fully saturated rings. The summed E-state index contributed by atoms with van der Waals surface area (Å²) in [4.78, 5) is 18.8. The molecule has 0 spiro atoms. The van der Waals surface area contributed by atoms with Crippen molar-refractivity contribution in [2.75, 3.05) is 6.54 Å². The van der Waals surface area contributed by atoms with Crippen molar-refractivity contribution < 1.29 is 27.1 Å². The molecule has 1 amide bonds. The first-order chi connectivity index (χ1) is 18.5. The highest BCUT2D eigenvalue weighted by Gasteiger charge is 2.36. The fourth-order valence-corrected chi connectivity index (χ4v) is 4.98. The van der Waals surface area contributed by atoms with Gasteiger partial charge in [0.2, 0.25) is 0 Å². The van der Waals surface area contributed by atoms with E-state index in [2.05, 4.69) is 10.3 Å². The molecule has 0 unspecified atom stereocenters. The summed E-state index contributed by atoms with van der Waals surface area (Å²) in [6, 6.07) is 11.7. The summed E-state index contributed by atoms with van der Waals surface area (Å²) in [6.07, 6.45) is -1.98. The number of alkyl halides is 3. The van der Waals surface area contributed by atoms with E-state index in [0.29, 0.717) is 17.7 Å². The maximum Gasteiger partial charge on any atom is 0.433 e.